The molecule has 0 aliphatic carbocycles. The van der Waals surface area contributed by atoms with Crippen molar-refractivity contribution >= 4 is 23.1 Å². The average molecular weight is 255 g/mol. The van der Waals surface area contributed by atoms with Crippen molar-refractivity contribution in [2.24, 2.45) is 5.41 Å². The van der Waals surface area contributed by atoms with E-state index in [9.17, 15) is 0 Å². The molecule has 1 saturated heterocycles. The van der Waals surface area contributed by atoms with Crippen molar-refractivity contribution in [3.63, 3.8) is 0 Å². The summed E-state index contributed by atoms with van der Waals surface area (Å²) in [6, 6.07) is 2.87. The van der Waals surface area contributed by atoms with Gasteiger partial charge in [-0.15, -0.1) is 11.3 Å². The summed E-state index contributed by atoms with van der Waals surface area (Å²) in [6.07, 6.45) is 1.33. The second-order valence-corrected chi connectivity index (χ2v) is 7.42. The van der Waals surface area contributed by atoms with Crippen LogP contribution in [0.15, 0.2) is 11.4 Å². The van der Waals surface area contributed by atoms with E-state index in [1.807, 2.05) is 11.3 Å². The fourth-order valence-electron chi connectivity index (χ4n) is 2.07. The SMILES string of the molecule is Cc1ccsc1CNC1CSCCC1(C)C. The molecule has 1 aliphatic rings. The zero-order valence-electron chi connectivity index (χ0n) is 10.4. The molecule has 1 aromatic heterocycles. The lowest BCUT2D eigenvalue weighted by Gasteiger charge is -2.38. The van der Waals surface area contributed by atoms with Crippen LogP contribution in [0, 0.1) is 12.3 Å². The topological polar surface area (TPSA) is 12.0 Å². The van der Waals surface area contributed by atoms with E-state index in [1.54, 1.807) is 0 Å². The van der Waals surface area contributed by atoms with Crippen LogP contribution >= 0.6 is 23.1 Å². The van der Waals surface area contributed by atoms with E-state index in [4.69, 9.17) is 0 Å². The molecule has 0 spiro atoms. The van der Waals surface area contributed by atoms with Crippen LogP contribution in [0.2, 0.25) is 0 Å². The van der Waals surface area contributed by atoms with E-state index in [0.29, 0.717) is 11.5 Å². The molecule has 90 valence electrons. The van der Waals surface area contributed by atoms with Crippen molar-refractivity contribution in [3.8, 4) is 0 Å². The Balaban J connectivity index is 1.92. The molecule has 1 atom stereocenters. The number of thioether (sulfide) groups is 1. The lowest BCUT2D eigenvalue weighted by Crippen LogP contribution is -2.46. The highest BCUT2D eigenvalue weighted by atomic mass is 32.2. The van der Waals surface area contributed by atoms with E-state index in [1.165, 1.54) is 28.4 Å². The van der Waals surface area contributed by atoms with Crippen molar-refractivity contribution in [1.29, 1.82) is 0 Å². The van der Waals surface area contributed by atoms with Crippen molar-refractivity contribution in [3.05, 3.63) is 21.9 Å². The van der Waals surface area contributed by atoms with E-state index in [0.717, 1.165) is 6.54 Å². The summed E-state index contributed by atoms with van der Waals surface area (Å²) in [5.74, 6) is 2.58. The summed E-state index contributed by atoms with van der Waals surface area (Å²) in [4.78, 5) is 1.49. The van der Waals surface area contributed by atoms with Crippen LogP contribution < -0.4 is 5.32 Å². The van der Waals surface area contributed by atoms with Crippen LogP contribution in [-0.4, -0.2) is 17.5 Å². The number of rotatable bonds is 3. The molecule has 1 N–H and O–H groups in total. The molecule has 3 heteroatoms. The molecule has 0 bridgehead atoms. The lowest BCUT2D eigenvalue weighted by molar-refractivity contribution is 0.245. The highest BCUT2D eigenvalue weighted by Gasteiger charge is 2.32. The number of hydrogen-bond acceptors (Lipinski definition) is 3. The molecular formula is C13H21NS2. The van der Waals surface area contributed by atoms with Gasteiger partial charge in [-0.25, -0.2) is 0 Å². The molecule has 1 aromatic rings. The largest absolute Gasteiger partial charge is 0.308 e. The van der Waals surface area contributed by atoms with Crippen LogP contribution in [0.4, 0.5) is 0 Å². The Kier molecular flexibility index (Phi) is 3.98. The first-order valence-electron chi connectivity index (χ1n) is 5.94. The predicted molar refractivity (Wildman–Crippen MR) is 75.4 cm³/mol. The van der Waals surface area contributed by atoms with Crippen molar-refractivity contribution in [2.75, 3.05) is 11.5 Å². The first kappa shape index (κ1) is 12.5. The molecule has 0 saturated carbocycles. The second-order valence-electron chi connectivity index (χ2n) is 5.27. The second kappa shape index (κ2) is 5.11. The normalized spacial score (nSPS) is 24.6. The van der Waals surface area contributed by atoms with Gasteiger partial charge in [0.05, 0.1) is 0 Å². The molecule has 2 heterocycles. The number of hydrogen-bond donors (Lipinski definition) is 1. The van der Waals surface area contributed by atoms with Gasteiger partial charge >= 0.3 is 0 Å². The highest BCUT2D eigenvalue weighted by Crippen LogP contribution is 2.34. The maximum absolute atomic E-state index is 3.74. The molecule has 1 nitrogen and oxygen atoms in total. The molecule has 16 heavy (non-hydrogen) atoms. The predicted octanol–water partition coefficient (Wildman–Crippen LogP) is 3.68. The molecule has 0 radical (unpaired) electrons. The smallest absolute Gasteiger partial charge is 0.0305 e. The van der Waals surface area contributed by atoms with Gasteiger partial charge in [-0.3, -0.25) is 0 Å². The molecule has 1 aliphatic heterocycles. The molecule has 1 fully saturated rings. The fraction of sp³-hybridized carbons (Fsp3) is 0.692. The Hall–Kier alpha value is 0.01000. The number of aryl methyl sites for hydroxylation is 1. The summed E-state index contributed by atoms with van der Waals surface area (Å²) in [5, 5.41) is 5.93. The monoisotopic (exact) mass is 255 g/mol. The standard InChI is InChI=1S/C13H21NS2/c1-10-4-6-16-11(10)8-14-12-9-15-7-5-13(12,2)3/h4,6,12,14H,5,7-9H2,1-3H3. The number of thiophene rings is 1. The zero-order chi connectivity index (χ0) is 11.6. The summed E-state index contributed by atoms with van der Waals surface area (Å²) in [7, 11) is 0. The van der Waals surface area contributed by atoms with Crippen molar-refractivity contribution in [1.82, 2.24) is 5.32 Å². The summed E-state index contributed by atoms with van der Waals surface area (Å²) in [6.45, 7) is 8.03. The summed E-state index contributed by atoms with van der Waals surface area (Å²) < 4.78 is 0. The van der Waals surface area contributed by atoms with Crippen LogP contribution in [-0.2, 0) is 6.54 Å². The third kappa shape index (κ3) is 2.82. The zero-order valence-corrected chi connectivity index (χ0v) is 12.0. The molecule has 2 rings (SSSR count). The minimum Gasteiger partial charge on any atom is -0.308 e. The molecular weight excluding hydrogens is 234 g/mol. The maximum Gasteiger partial charge on any atom is 0.0305 e. The van der Waals surface area contributed by atoms with Crippen LogP contribution in [0.5, 0.6) is 0 Å². The van der Waals surface area contributed by atoms with Gasteiger partial charge in [-0.1, -0.05) is 13.8 Å². The number of nitrogens with one attached hydrogen (secondary N) is 1. The van der Waals surface area contributed by atoms with Crippen LogP contribution in [0.25, 0.3) is 0 Å². The minimum absolute atomic E-state index is 0.455. The third-order valence-electron chi connectivity index (χ3n) is 3.60. The van der Waals surface area contributed by atoms with Gasteiger partial charge in [0.15, 0.2) is 0 Å². The van der Waals surface area contributed by atoms with Gasteiger partial charge in [0, 0.05) is 23.2 Å². The van der Waals surface area contributed by atoms with Gasteiger partial charge in [-0.2, -0.15) is 11.8 Å². The maximum atomic E-state index is 3.74. The Morgan fingerprint density at radius 3 is 2.94 bits per heavy atom. The van der Waals surface area contributed by atoms with Crippen molar-refractivity contribution < 1.29 is 0 Å². The van der Waals surface area contributed by atoms with Gasteiger partial charge < -0.3 is 5.32 Å². The summed E-state index contributed by atoms with van der Waals surface area (Å²) >= 11 is 3.96. The van der Waals surface area contributed by atoms with Gasteiger partial charge in [0.1, 0.15) is 0 Å². The fourth-order valence-corrected chi connectivity index (χ4v) is 4.57. The van der Waals surface area contributed by atoms with Crippen molar-refractivity contribution in [2.45, 2.75) is 39.8 Å². The first-order chi connectivity index (χ1) is 7.59. The van der Waals surface area contributed by atoms with Gasteiger partial charge in [0.2, 0.25) is 0 Å². The quantitative estimate of drug-likeness (QED) is 0.884. The Bertz CT molecular complexity index is 343. The highest BCUT2D eigenvalue weighted by molar-refractivity contribution is 7.99. The Labute approximate surface area is 107 Å². The molecule has 0 aromatic carbocycles. The lowest BCUT2D eigenvalue weighted by atomic mass is 9.82. The summed E-state index contributed by atoms with van der Waals surface area (Å²) in [5.41, 5.74) is 1.88. The average Bonchev–Trinajstić information content (AvgIpc) is 2.62. The van der Waals surface area contributed by atoms with Gasteiger partial charge in [-0.05, 0) is 41.5 Å². The van der Waals surface area contributed by atoms with E-state index < -0.39 is 0 Å². The van der Waals surface area contributed by atoms with E-state index in [-0.39, 0.29) is 0 Å². The minimum atomic E-state index is 0.455. The van der Waals surface area contributed by atoms with Gasteiger partial charge in [0.25, 0.3) is 0 Å². The molecule has 0 amide bonds. The third-order valence-corrected chi connectivity index (χ3v) is 5.68. The van der Waals surface area contributed by atoms with Crippen LogP contribution in [0.3, 0.4) is 0 Å². The van der Waals surface area contributed by atoms with E-state index >= 15 is 0 Å². The Morgan fingerprint density at radius 1 is 1.50 bits per heavy atom. The molecule has 1 unspecified atom stereocenters. The Morgan fingerprint density at radius 2 is 2.31 bits per heavy atom. The van der Waals surface area contributed by atoms with E-state index in [2.05, 4.69) is 49.3 Å². The first-order valence-corrected chi connectivity index (χ1v) is 7.97. The van der Waals surface area contributed by atoms with Crippen LogP contribution in [0.1, 0.15) is 30.7 Å².